The molecule has 0 bridgehead atoms. The SMILES string of the molecule is Cn1c(=O)c2ccc(C(=O)N3CCN(CC(=O)Nc4ccc(F)cc4)CC3)nc2n(C)c1=O. The largest absolute Gasteiger partial charge is 0.335 e. The van der Waals surface area contributed by atoms with Gasteiger partial charge in [0.15, 0.2) is 0 Å². The standard InChI is InChI=1S/C22H23FN6O4/c1-26-19-16(20(31)27(2)22(26)33)7-8-17(25-19)21(32)29-11-9-28(10-12-29)13-18(30)24-15-5-3-14(23)4-6-15/h3-8H,9-13H2,1-2H3,(H,24,30). The Labute approximate surface area is 187 Å². The van der Waals surface area contributed by atoms with Crippen molar-refractivity contribution in [3.63, 3.8) is 0 Å². The number of rotatable bonds is 4. The second-order valence-electron chi connectivity index (χ2n) is 7.90. The minimum Gasteiger partial charge on any atom is -0.335 e. The van der Waals surface area contributed by atoms with Gasteiger partial charge in [0.1, 0.15) is 17.2 Å². The molecule has 10 nitrogen and oxygen atoms in total. The number of nitrogens with one attached hydrogen (secondary N) is 1. The van der Waals surface area contributed by atoms with E-state index in [0.717, 1.165) is 4.57 Å². The highest BCUT2D eigenvalue weighted by Crippen LogP contribution is 2.12. The number of halogens is 1. The van der Waals surface area contributed by atoms with Crippen LogP contribution < -0.4 is 16.6 Å². The summed E-state index contributed by atoms with van der Waals surface area (Å²) in [5.74, 6) is -0.903. The average Bonchev–Trinajstić information content (AvgIpc) is 2.82. The van der Waals surface area contributed by atoms with Gasteiger partial charge in [-0.3, -0.25) is 28.4 Å². The van der Waals surface area contributed by atoms with Gasteiger partial charge in [-0.05, 0) is 36.4 Å². The Kier molecular flexibility index (Phi) is 6.05. The monoisotopic (exact) mass is 454 g/mol. The van der Waals surface area contributed by atoms with Crippen LogP contribution in [0.2, 0.25) is 0 Å². The zero-order valence-electron chi connectivity index (χ0n) is 18.2. The second kappa shape index (κ2) is 8.94. The lowest BCUT2D eigenvalue weighted by atomic mass is 10.2. The number of benzene rings is 1. The maximum absolute atomic E-state index is 13.0. The molecule has 172 valence electrons. The molecule has 1 N–H and O–H groups in total. The summed E-state index contributed by atoms with van der Waals surface area (Å²) in [5, 5.41) is 2.98. The predicted molar refractivity (Wildman–Crippen MR) is 120 cm³/mol. The highest BCUT2D eigenvalue weighted by molar-refractivity contribution is 5.94. The Bertz CT molecular complexity index is 1340. The van der Waals surface area contributed by atoms with Crippen LogP contribution in [0.15, 0.2) is 46.0 Å². The van der Waals surface area contributed by atoms with Crippen molar-refractivity contribution < 1.29 is 14.0 Å². The summed E-state index contributed by atoms with van der Waals surface area (Å²) >= 11 is 0. The van der Waals surface area contributed by atoms with Gasteiger partial charge in [0.2, 0.25) is 5.91 Å². The van der Waals surface area contributed by atoms with Gasteiger partial charge < -0.3 is 10.2 Å². The first-order valence-corrected chi connectivity index (χ1v) is 10.4. The number of aryl methyl sites for hydroxylation is 1. The number of hydrogen-bond acceptors (Lipinski definition) is 6. The van der Waals surface area contributed by atoms with Crippen LogP contribution in [0.4, 0.5) is 10.1 Å². The molecule has 11 heteroatoms. The van der Waals surface area contributed by atoms with Crippen LogP contribution in [0, 0.1) is 5.82 Å². The number of piperazine rings is 1. The van der Waals surface area contributed by atoms with Gasteiger partial charge in [0.05, 0.1) is 11.9 Å². The molecule has 1 saturated heterocycles. The molecule has 1 fully saturated rings. The zero-order valence-corrected chi connectivity index (χ0v) is 18.2. The van der Waals surface area contributed by atoms with Crippen molar-refractivity contribution in [2.45, 2.75) is 0 Å². The number of pyridine rings is 1. The molecule has 0 saturated carbocycles. The topological polar surface area (TPSA) is 110 Å². The van der Waals surface area contributed by atoms with E-state index in [2.05, 4.69) is 10.3 Å². The molecule has 1 aliphatic heterocycles. The second-order valence-corrected chi connectivity index (χ2v) is 7.90. The van der Waals surface area contributed by atoms with E-state index in [-0.39, 0.29) is 40.9 Å². The lowest BCUT2D eigenvalue weighted by molar-refractivity contribution is -0.117. The zero-order chi connectivity index (χ0) is 23.7. The van der Waals surface area contributed by atoms with E-state index in [1.54, 1.807) is 4.90 Å². The molecule has 3 heterocycles. The number of nitrogens with zero attached hydrogens (tertiary/aromatic N) is 5. The first-order chi connectivity index (χ1) is 15.7. The maximum atomic E-state index is 13.0. The molecule has 2 aromatic heterocycles. The molecule has 1 aliphatic rings. The van der Waals surface area contributed by atoms with E-state index in [1.807, 2.05) is 4.90 Å². The molecule has 0 aliphatic carbocycles. The fourth-order valence-electron chi connectivity index (χ4n) is 3.78. The third kappa shape index (κ3) is 4.53. The Morgan fingerprint density at radius 3 is 2.30 bits per heavy atom. The van der Waals surface area contributed by atoms with Crippen molar-refractivity contribution in [2.24, 2.45) is 14.1 Å². The first-order valence-electron chi connectivity index (χ1n) is 10.4. The van der Waals surface area contributed by atoms with Gasteiger partial charge in [0, 0.05) is 46.0 Å². The van der Waals surface area contributed by atoms with E-state index >= 15 is 0 Å². The number of fused-ring (bicyclic) bond motifs is 1. The smallest absolute Gasteiger partial charge is 0.332 e. The molecular formula is C22H23FN6O4. The van der Waals surface area contributed by atoms with Crippen molar-refractivity contribution in [3.05, 3.63) is 68.7 Å². The summed E-state index contributed by atoms with van der Waals surface area (Å²) in [4.78, 5) is 57.5. The third-order valence-corrected chi connectivity index (χ3v) is 5.68. The van der Waals surface area contributed by atoms with E-state index in [0.29, 0.717) is 31.9 Å². The number of carbonyl (C=O) groups excluding carboxylic acids is 2. The summed E-state index contributed by atoms with van der Waals surface area (Å²) in [5.41, 5.74) is -0.163. The van der Waals surface area contributed by atoms with E-state index in [4.69, 9.17) is 0 Å². The minimum atomic E-state index is -0.517. The highest BCUT2D eigenvalue weighted by Gasteiger charge is 2.25. The number of carbonyl (C=O) groups is 2. The molecular weight excluding hydrogens is 431 g/mol. The quantitative estimate of drug-likeness (QED) is 0.602. The summed E-state index contributed by atoms with van der Waals surface area (Å²) in [7, 11) is 2.89. The summed E-state index contributed by atoms with van der Waals surface area (Å²) in [6, 6.07) is 8.53. The fourth-order valence-corrected chi connectivity index (χ4v) is 3.78. The molecule has 0 unspecified atom stereocenters. The van der Waals surface area contributed by atoms with E-state index < -0.39 is 11.2 Å². The lowest BCUT2D eigenvalue weighted by Gasteiger charge is -2.34. The van der Waals surface area contributed by atoms with Gasteiger partial charge in [-0.2, -0.15) is 0 Å². The fraction of sp³-hybridized carbons (Fsp3) is 0.318. The number of hydrogen-bond donors (Lipinski definition) is 1. The maximum Gasteiger partial charge on any atom is 0.332 e. The number of anilines is 1. The van der Waals surface area contributed by atoms with Crippen LogP contribution in [0.3, 0.4) is 0 Å². The Balaban J connectivity index is 1.39. The van der Waals surface area contributed by atoms with Crippen molar-refractivity contribution in [1.82, 2.24) is 23.9 Å². The summed E-state index contributed by atoms with van der Waals surface area (Å²) in [6.45, 7) is 1.94. The van der Waals surface area contributed by atoms with Gasteiger partial charge in [-0.1, -0.05) is 0 Å². The van der Waals surface area contributed by atoms with Crippen LogP contribution in [0.1, 0.15) is 10.5 Å². The van der Waals surface area contributed by atoms with Gasteiger partial charge in [0.25, 0.3) is 11.5 Å². The minimum absolute atomic E-state index is 0.147. The Morgan fingerprint density at radius 1 is 0.970 bits per heavy atom. The molecule has 0 spiro atoms. The predicted octanol–water partition coefficient (Wildman–Crippen LogP) is 0.168. The molecule has 3 aromatic rings. The van der Waals surface area contributed by atoms with E-state index in [9.17, 15) is 23.6 Å². The first kappa shape index (κ1) is 22.3. The molecule has 4 rings (SSSR count). The average molecular weight is 454 g/mol. The van der Waals surface area contributed by atoms with Crippen LogP contribution >= 0.6 is 0 Å². The Morgan fingerprint density at radius 2 is 1.64 bits per heavy atom. The van der Waals surface area contributed by atoms with Crippen LogP contribution in [-0.4, -0.2) is 68.5 Å². The molecule has 33 heavy (non-hydrogen) atoms. The molecule has 1 aromatic carbocycles. The Hall–Kier alpha value is -3.86. The van der Waals surface area contributed by atoms with Crippen LogP contribution in [0.25, 0.3) is 11.0 Å². The molecule has 0 radical (unpaired) electrons. The van der Waals surface area contributed by atoms with Crippen LogP contribution in [0.5, 0.6) is 0 Å². The van der Waals surface area contributed by atoms with Gasteiger partial charge in [-0.25, -0.2) is 14.2 Å². The third-order valence-electron chi connectivity index (χ3n) is 5.68. The van der Waals surface area contributed by atoms with Crippen molar-refractivity contribution >= 4 is 28.5 Å². The highest BCUT2D eigenvalue weighted by atomic mass is 19.1. The summed E-state index contributed by atoms with van der Waals surface area (Å²) < 4.78 is 15.2. The molecule has 2 amide bonds. The van der Waals surface area contributed by atoms with Crippen molar-refractivity contribution in [1.29, 1.82) is 0 Å². The van der Waals surface area contributed by atoms with Crippen molar-refractivity contribution in [3.8, 4) is 0 Å². The normalized spacial score (nSPS) is 14.5. The van der Waals surface area contributed by atoms with Gasteiger partial charge in [-0.15, -0.1) is 0 Å². The summed E-state index contributed by atoms with van der Waals surface area (Å²) in [6.07, 6.45) is 0. The lowest BCUT2D eigenvalue weighted by Crippen LogP contribution is -2.50. The van der Waals surface area contributed by atoms with E-state index in [1.165, 1.54) is 55.1 Å². The number of aromatic nitrogens is 3. The number of amides is 2. The van der Waals surface area contributed by atoms with Gasteiger partial charge >= 0.3 is 5.69 Å². The van der Waals surface area contributed by atoms with Crippen molar-refractivity contribution in [2.75, 3.05) is 38.0 Å². The van der Waals surface area contributed by atoms with Crippen LogP contribution in [-0.2, 0) is 18.9 Å². The molecule has 0 atom stereocenters.